The van der Waals surface area contributed by atoms with E-state index >= 15 is 0 Å². The molecule has 0 amide bonds. The van der Waals surface area contributed by atoms with Crippen molar-refractivity contribution in [2.45, 2.75) is 6.54 Å². The molecule has 0 atom stereocenters. The highest BCUT2D eigenvalue weighted by Gasteiger charge is 2.13. The van der Waals surface area contributed by atoms with Gasteiger partial charge in [-0.15, -0.1) is 0 Å². The van der Waals surface area contributed by atoms with E-state index in [4.69, 9.17) is 14.7 Å². The molecule has 1 aliphatic rings. The smallest absolute Gasteiger partial charge is 0.226 e. The highest BCUT2D eigenvalue weighted by atomic mass is 16.6. The van der Waals surface area contributed by atoms with Crippen LogP contribution in [0.5, 0.6) is 11.5 Å². The van der Waals surface area contributed by atoms with E-state index in [9.17, 15) is 0 Å². The van der Waals surface area contributed by atoms with Gasteiger partial charge in [0.25, 0.3) is 0 Å². The van der Waals surface area contributed by atoms with Crippen LogP contribution >= 0.6 is 0 Å². The van der Waals surface area contributed by atoms with Gasteiger partial charge in [0.2, 0.25) is 5.95 Å². The van der Waals surface area contributed by atoms with Gasteiger partial charge in [-0.1, -0.05) is 6.07 Å². The number of anilines is 1. The predicted octanol–water partition coefficient (Wildman–Crippen LogP) is 1.76. The van der Waals surface area contributed by atoms with Crippen molar-refractivity contribution in [1.29, 1.82) is 5.26 Å². The van der Waals surface area contributed by atoms with Crippen LogP contribution in [0.3, 0.4) is 0 Å². The Bertz CT molecular complexity index is 696. The first-order valence-electron chi connectivity index (χ1n) is 6.59. The molecule has 6 heteroatoms. The summed E-state index contributed by atoms with van der Waals surface area (Å²) in [6.07, 6.45) is 1.58. The summed E-state index contributed by atoms with van der Waals surface area (Å²) in [5.41, 5.74) is 1.42. The molecule has 0 saturated heterocycles. The van der Waals surface area contributed by atoms with Crippen LogP contribution in [0.2, 0.25) is 0 Å². The van der Waals surface area contributed by atoms with Gasteiger partial charge >= 0.3 is 0 Å². The van der Waals surface area contributed by atoms with Gasteiger partial charge in [-0.3, -0.25) is 0 Å². The monoisotopic (exact) mass is 282 g/mol. The number of benzene rings is 1. The number of ether oxygens (including phenoxy) is 2. The summed E-state index contributed by atoms with van der Waals surface area (Å²) in [6, 6.07) is 9.45. The third-order valence-electron chi connectivity index (χ3n) is 3.13. The first-order valence-corrected chi connectivity index (χ1v) is 6.59. The van der Waals surface area contributed by atoms with Gasteiger partial charge in [0.05, 0.1) is 0 Å². The van der Waals surface area contributed by atoms with Crippen molar-refractivity contribution >= 4 is 5.95 Å². The Labute approximate surface area is 122 Å². The third kappa shape index (κ3) is 2.87. The molecular formula is C15H14N4O2. The minimum Gasteiger partial charge on any atom is -0.486 e. The van der Waals surface area contributed by atoms with Gasteiger partial charge in [-0.25, -0.2) is 9.97 Å². The lowest BCUT2D eigenvalue weighted by molar-refractivity contribution is 0.171. The SMILES string of the molecule is CN(Cc1ccc2c(c1)OCCO2)c1nccc(C#N)n1. The number of rotatable bonds is 3. The van der Waals surface area contributed by atoms with Crippen molar-refractivity contribution in [3.63, 3.8) is 0 Å². The number of fused-ring (bicyclic) bond motifs is 1. The second kappa shape index (κ2) is 5.67. The summed E-state index contributed by atoms with van der Waals surface area (Å²) in [5.74, 6) is 2.05. The van der Waals surface area contributed by atoms with E-state index in [1.807, 2.05) is 36.2 Å². The Morgan fingerprint density at radius 1 is 1.24 bits per heavy atom. The van der Waals surface area contributed by atoms with Crippen LogP contribution in [-0.2, 0) is 6.54 Å². The summed E-state index contributed by atoms with van der Waals surface area (Å²) >= 11 is 0. The average molecular weight is 282 g/mol. The summed E-state index contributed by atoms with van der Waals surface area (Å²) in [7, 11) is 1.88. The Morgan fingerprint density at radius 2 is 2.05 bits per heavy atom. The van der Waals surface area contributed by atoms with E-state index in [0.29, 0.717) is 31.4 Å². The van der Waals surface area contributed by atoms with E-state index in [-0.39, 0.29) is 0 Å². The molecule has 0 saturated carbocycles. The second-order valence-corrected chi connectivity index (χ2v) is 4.69. The lowest BCUT2D eigenvalue weighted by Gasteiger charge is -2.21. The van der Waals surface area contributed by atoms with Crippen molar-refractivity contribution in [2.24, 2.45) is 0 Å². The predicted molar refractivity (Wildman–Crippen MR) is 76.3 cm³/mol. The highest BCUT2D eigenvalue weighted by Crippen LogP contribution is 2.31. The molecule has 1 aromatic carbocycles. The maximum atomic E-state index is 8.88. The van der Waals surface area contributed by atoms with Crippen LogP contribution in [0.1, 0.15) is 11.3 Å². The normalized spacial score (nSPS) is 12.6. The molecule has 0 spiro atoms. The molecular weight excluding hydrogens is 268 g/mol. The first-order chi connectivity index (χ1) is 10.3. The average Bonchev–Trinajstić information content (AvgIpc) is 2.54. The molecule has 0 radical (unpaired) electrons. The van der Waals surface area contributed by atoms with Crippen LogP contribution in [0, 0.1) is 11.3 Å². The van der Waals surface area contributed by atoms with Crippen LogP contribution in [0.15, 0.2) is 30.5 Å². The molecule has 0 fully saturated rings. The lowest BCUT2D eigenvalue weighted by atomic mass is 10.2. The van der Waals surface area contributed by atoms with Gasteiger partial charge in [0.1, 0.15) is 25.0 Å². The summed E-state index contributed by atoms with van der Waals surface area (Å²) in [6.45, 7) is 1.77. The Hall–Kier alpha value is -2.81. The maximum Gasteiger partial charge on any atom is 0.226 e. The highest BCUT2D eigenvalue weighted by molar-refractivity contribution is 5.45. The number of aromatic nitrogens is 2. The second-order valence-electron chi connectivity index (χ2n) is 4.69. The van der Waals surface area contributed by atoms with E-state index in [2.05, 4.69) is 9.97 Å². The molecule has 2 heterocycles. The largest absolute Gasteiger partial charge is 0.486 e. The Morgan fingerprint density at radius 3 is 2.86 bits per heavy atom. The van der Waals surface area contributed by atoms with Gasteiger partial charge in [-0.2, -0.15) is 5.26 Å². The van der Waals surface area contributed by atoms with Crippen LogP contribution in [-0.4, -0.2) is 30.2 Å². The van der Waals surface area contributed by atoms with Gasteiger partial charge in [0.15, 0.2) is 11.5 Å². The third-order valence-corrected chi connectivity index (χ3v) is 3.13. The number of nitriles is 1. The van der Waals surface area contributed by atoms with Crippen molar-refractivity contribution in [1.82, 2.24) is 9.97 Å². The molecule has 2 aromatic rings. The molecule has 6 nitrogen and oxygen atoms in total. The summed E-state index contributed by atoms with van der Waals surface area (Å²) < 4.78 is 11.1. The van der Waals surface area contributed by atoms with E-state index in [1.54, 1.807) is 12.3 Å². The standard InChI is InChI=1S/C15H14N4O2/c1-19(15-17-5-4-12(9-16)18-15)10-11-2-3-13-14(8-11)21-7-6-20-13/h2-5,8H,6-7,10H2,1H3. The van der Waals surface area contributed by atoms with E-state index in [0.717, 1.165) is 17.1 Å². The van der Waals surface area contributed by atoms with Crippen LogP contribution in [0.4, 0.5) is 5.95 Å². The summed E-state index contributed by atoms with van der Waals surface area (Å²) in [4.78, 5) is 10.2. The minimum atomic E-state index is 0.356. The molecule has 106 valence electrons. The molecule has 1 aliphatic heterocycles. The zero-order valence-corrected chi connectivity index (χ0v) is 11.6. The molecule has 0 N–H and O–H groups in total. The van der Waals surface area contributed by atoms with E-state index < -0.39 is 0 Å². The molecule has 0 unspecified atom stereocenters. The summed E-state index contributed by atoms with van der Waals surface area (Å²) in [5, 5.41) is 8.88. The first kappa shape index (κ1) is 13.2. The zero-order valence-electron chi connectivity index (χ0n) is 11.6. The fourth-order valence-electron chi connectivity index (χ4n) is 2.13. The Balaban J connectivity index is 1.78. The van der Waals surface area contributed by atoms with E-state index in [1.165, 1.54) is 0 Å². The fourth-order valence-corrected chi connectivity index (χ4v) is 2.13. The van der Waals surface area contributed by atoms with Crippen molar-refractivity contribution in [3.05, 3.63) is 41.7 Å². The van der Waals surface area contributed by atoms with Crippen molar-refractivity contribution < 1.29 is 9.47 Å². The Kier molecular flexibility index (Phi) is 3.56. The molecule has 3 rings (SSSR count). The fraction of sp³-hybridized carbons (Fsp3) is 0.267. The van der Waals surface area contributed by atoms with Gasteiger partial charge in [-0.05, 0) is 23.8 Å². The number of nitrogens with zero attached hydrogens (tertiary/aromatic N) is 4. The molecule has 1 aromatic heterocycles. The molecule has 0 aliphatic carbocycles. The topological polar surface area (TPSA) is 71.3 Å². The van der Waals surface area contributed by atoms with Crippen LogP contribution < -0.4 is 14.4 Å². The minimum absolute atomic E-state index is 0.356. The zero-order chi connectivity index (χ0) is 14.7. The maximum absolute atomic E-state index is 8.88. The van der Waals surface area contributed by atoms with Crippen molar-refractivity contribution in [3.8, 4) is 17.6 Å². The lowest BCUT2D eigenvalue weighted by Crippen LogP contribution is -2.20. The van der Waals surface area contributed by atoms with Gasteiger partial charge in [0, 0.05) is 19.8 Å². The van der Waals surface area contributed by atoms with Gasteiger partial charge < -0.3 is 14.4 Å². The quantitative estimate of drug-likeness (QED) is 0.854. The molecule has 0 bridgehead atoms. The number of hydrogen-bond acceptors (Lipinski definition) is 6. The number of hydrogen-bond donors (Lipinski definition) is 0. The van der Waals surface area contributed by atoms with Crippen molar-refractivity contribution in [2.75, 3.05) is 25.2 Å². The van der Waals surface area contributed by atoms with Crippen LogP contribution in [0.25, 0.3) is 0 Å². The molecule has 21 heavy (non-hydrogen) atoms.